The van der Waals surface area contributed by atoms with E-state index >= 15 is 0 Å². The van der Waals surface area contributed by atoms with Crippen molar-refractivity contribution in [2.45, 2.75) is 6.42 Å². The third-order valence-corrected chi connectivity index (χ3v) is 2.35. The summed E-state index contributed by atoms with van der Waals surface area (Å²) in [4.78, 5) is 15.1. The Morgan fingerprint density at radius 1 is 1.35 bits per heavy atom. The molecule has 0 spiro atoms. The minimum absolute atomic E-state index is 0.370. The molecule has 6 heteroatoms. The normalized spacial score (nSPS) is 10.4. The fourth-order valence-corrected chi connectivity index (χ4v) is 1.49. The highest BCUT2D eigenvalue weighted by Gasteiger charge is 2.06. The number of hydrogen-bond donors (Lipinski definition) is 2. The Hall–Kier alpha value is -2.21. The Bertz CT molecular complexity index is 534. The van der Waals surface area contributed by atoms with E-state index in [0.29, 0.717) is 12.1 Å². The van der Waals surface area contributed by atoms with Crippen LogP contribution >= 0.6 is 0 Å². The quantitative estimate of drug-likeness (QED) is 0.765. The topological polar surface area (TPSA) is 99.8 Å². The van der Waals surface area contributed by atoms with Gasteiger partial charge in [-0.1, -0.05) is 0 Å². The summed E-state index contributed by atoms with van der Waals surface area (Å²) in [7, 11) is 0. The summed E-state index contributed by atoms with van der Waals surface area (Å²) < 4.78 is 1.56. The number of hydrogen-bond acceptors (Lipinski definition) is 4. The Morgan fingerprint density at radius 2 is 2.18 bits per heavy atom. The molecule has 0 aliphatic carbocycles. The van der Waals surface area contributed by atoms with Crippen LogP contribution in [-0.4, -0.2) is 27.2 Å². The van der Waals surface area contributed by atoms with Crippen LogP contribution in [0.2, 0.25) is 0 Å². The van der Waals surface area contributed by atoms with Crippen molar-refractivity contribution in [3.8, 4) is 5.69 Å². The zero-order valence-electron chi connectivity index (χ0n) is 9.21. The van der Waals surface area contributed by atoms with Crippen LogP contribution in [0.1, 0.15) is 15.9 Å². The van der Waals surface area contributed by atoms with E-state index in [4.69, 9.17) is 11.5 Å². The van der Waals surface area contributed by atoms with Gasteiger partial charge in [-0.25, -0.2) is 4.68 Å². The highest BCUT2D eigenvalue weighted by atomic mass is 16.1. The predicted molar refractivity (Wildman–Crippen MR) is 62.6 cm³/mol. The van der Waals surface area contributed by atoms with Gasteiger partial charge in [0.15, 0.2) is 0 Å². The molecule has 0 aliphatic heterocycles. The van der Waals surface area contributed by atoms with Crippen LogP contribution in [0.4, 0.5) is 0 Å². The van der Waals surface area contributed by atoms with Gasteiger partial charge in [0.25, 0.3) is 5.91 Å². The first-order valence-corrected chi connectivity index (χ1v) is 5.19. The number of aromatic nitrogens is 3. The summed E-state index contributed by atoms with van der Waals surface area (Å²) in [6, 6.07) is 1.93. The minimum Gasteiger partial charge on any atom is -0.366 e. The molecule has 6 nitrogen and oxygen atoms in total. The van der Waals surface area contributed by atoms with Crippen molar-refractivity contribution in [3.63, 3.8) is 0 Å². The van der Waals surface area contributed by atoms with Gasteiger partial charge in [0, 0.05) is 12.4 Å². The molecule has 0 saturated heterocycles. The van der Waals surface area contributed by atoms with Crippen LogP contribution in [0.5, 0.6) is 0 Å². The predicted octanol–water partition coefficient (Wildman–Crippen LogP) is -0.133. The lowest BCUT2D eigenvalue weighted by Crippen LogP contribution is -2.09. The van der Waals surface area contributed by atoms with Crippen LogP contribution < -0.4 is 11.5 Å². The largest absolute Gasteiger partial charge is 0.366 e. The van der Waals surface area contributed by atoms with E-state index in [1.165, 1.54) is 6.20 Å². The zero-order chi connectivity index (χ0) is 12.3. The van der Waals surface area contributed by atoms with E-state index < -0.39 is 5.91 Å². The first-order chi connectivity index (χ1) is 8.20. The number of nitrogens with two attached hydrogens (primary N) is 2. The molecule has 0 aliphatic rings. The molecular weight excluding hydrogens is 218 g/mol. The lowest BCUT2D eigenvalue weighted by atomic mass is 10.2. The van der Waals surface area contributed by atoms with E-state index in [0.717, 1.165) is 17.7 Å². The van der Waals surface area contributed by atoms with Gasteiger partial charge in [0.1, 0.15) is 0 Å². The molecule has 2 aromatic rings. The second-order valence-electron chi connectivity index (χ2n) is 3.63. The monoisotopic (exact) mass is 231 g/mol. The van der Waals surface area contributed by atoms with Crippen molar-refractivity contribution in [3.05, 3.63) is 42.0 Å². The van der Waals surface area contributed by atoms with E-state index in [1.807, 2.05) is 6.07 Å². The maximum Gasteiger partial charge on any atom is 0.251 e. The van der Waals surface area contributed by atoms with Crippen LogP contribution in [0.25, 0.3) is 5.69 Å². The molecule has 2 rings (SSSR count). The summed E-state index contributed by atoms with van der Waals surface area (Å²) in [5.74, 6) is -0.498. The summed E-state index contributed by atoms with van der Waals surface area (Å²) in [5, 5.41) is 4.05. The number of nitrogens with zero attached hydrogens (tertiary/aromatic N) is 3. The number of pyridine rings is 1. The Labute approximate surface area is 98.3 Å². The van der Waals surface area contributed by atoms with Gasteiger partial charge in [0.2, 0.25) is 0 Å². The summed E-state index contributed by atoms with van der Waals surface area (Å²) in [6.07, 6.45) is 7.18. The van der Waals surface area contributed by atoms with E-state index in [9.17, 15) is 4.79 Å². The van der Waals surface area contributed by atoms with Crippen LogP contribution in [0, 0.1) is 0 Å². The highest BCUT2D eigenvalue weighted by Crippen LogP contribution is 2.09. The molecule has 88 valence electrons. The van der Waals surface area contributed by atoms with Gasteiger partial charge in [-0.3, -0.25) is 9.78 Å². The van der Waals surface area contributed by atoms with Crippen molar-refractivity contribution in [1.29, 1.82) is 0 Å². The number of rotatable bonds is 4. The maximum atomic E-state index is 11.0. The fraction of sp³-hybridized carbons (Fsp3) is 0.182. The molecule has 17 heavy (non-hydrogen) atoms. The SMILES string of the molecule is NCCc1cncc(-n2cc(C(N)=O)cn2)c1. The van der Waals surface area contributed by atoms with Gasteiger partial charge in [-0.2, -0.15) is 5.10 Å². The van der Waals surface area contributed by atoms with E-state index in [-0.39, 0.29) is 0 Å². The molecule has 0 radical (unpaired) electrons. The molecule has 2 aromatic heterocycles. The number of carbonyl (C=O) groups is 1. The lowest BCUT2D eigenvalue weighted by molar-refractivity contribution is 0.100. The number of carbonyl (C=O) groups excluding carboxylic acids is 1. The van der Waals surface area contributed by atoms with Gasteiger partial charge in [0.05, 0.1) is 23.6 Å². The molecule has 4 N–H and O–H groups in total. The van der Waals surface area contributed by atoms with Crippen LogP contribution in [0.3, 0.4) is 0 Å². The average Bonchev–Trinajstić information content (AvgIpc) is 2.79. The molecule has 0 bridgehead atoms. The third-order valence-electron chi connectivity index (χ3n) is 2.35. The minimum atomic E-state index is -0.498. The first kappa shape index (κ1) is 11.3. The summed E-state index contributed by atoms with van der Waals surface area (Å²) in [6.45, 7) is 0.566. The maximum absolute atomic E-state index is 11.0. The number of primary amides is 1. The summed E-state index contributed by atoms with van der Waals surface area (Å²) >= 11 is 0. The molecule has 0 atom stereocenters. The fourth-order valence-electron chi connectivity index (χ4n) is 1.49. The molecule has 2 heterocycles. The first-order valence-electron chi connectivity index (χ1n) is 5.19. The van der Waals surface area contributed by atoms with Crippen molar-refractivity contribution >= 4 is 5.91 Å². The molecule has 0 fully saturated rings. The number of amides is 1. The molecule has 0 saturated carbocycles. The standard InChI is InChI=1S/C11H13N5O/c12-2-1-8-3-10(6-14-4-8)16-7-9(5-15-16)11(13)17/h3-7H,1-2,12H2,(H2,13,17). The smallest absolute Gasteiger partial charge is 0.251 e. The van der Waals surface area contributed by atoms with Crippen molar-refractivity contribution in [1.82, 2.24) is 14.8 Å². The van der Waals surface area contributed by atoms with Gasteiger partial charge >= 0.3 is 0 Å². The third kappa shape index (κ3) is 2.48. The van der Waals surface area contributed by atoms with Gasteiger partial charge in [-0.05, 0) is 24.6 Å². The lowest BCUT2D eigenvalue weighted by Gasteiger charge is -2.03. The molecular formula is C11H13N5O. The van der Waals surface area contributed by atoms with Crippen molar-refractivity contribution in [2.75, 3.05) is 6.54 Å². The van der Waals surface area contributed by atoms with Crippen molar-refractivity contribution < 1.29 is 4.79 Å². The second-order valence-corrected chi connectivity index (χ2v) is 3.63. The summed E-state index contributed by atoms with van der Waals surface area (Å²) in [5.41, 5.74) is 12.8. The van der Waals surface area contributed by atoms with E-state index in [1.54, 1.807) is 23.3 Å². The molecule has 0 unspecified atom stereocenters. The Kier molecular flexibility index (Phi) is 3.15. The second kappa shape index (κ2) is 4.75. The highest BCUT2D eigenvalue weighted by molar-refractivity contribution is 5.92. The zero-order valence-corrected chi connectivity index (χ0v) is 9.21. The van der Waals surface area contributed by atoms with Crippen molar-refractivity contribution in [2.24, 2.45) is 11.5 Å². The molecule has 0 aromatic carbocycles. The van der Waals surface area contributed by atoms with Crippen LogP contribution in [0.15, 0.2) is 30.9 Å². The average molecular weight is 231 g/mol. The molecule has 1 amide bonds. The van der Waals surface area contributed by atoms with Gasteiger partial charge in [-0.15, -0.1) is 0 Å². The Balaban J connectivity index is 2.31. The van der Waals surface area contributed by atoms with Crippen LogP contribution in [-0.2, 0) is 6.42 Å². The van der Waals surface area contributed by atoms with Gasteiger partial charge < -0.3 is 11.5 Å². The Morgan fingerprint density at radius 3 is 2.82 bits per heavy atom. The van der Waals surface area contributed by atoms with E-state index in [2.05, 4.69) is 10.1 Å².